The maximum absolute atomic E-state index is 12.6. The second kappa shape index (κ2) is 6.55. The molecule has 2 N–H and O–H groups in total. The molecular weight excluding hydrogens is 280 g/mol. The lowest BCUT2D eigenvalue weighted by Gasteiger charge is -2.34. The molecule has 0 atom stereocenters. The third kappa shape index (κ3) is 3.18. The van der Waals surface area contributed by atoms with Gasteiger partial charge in [-0.3, -0.25) is 4.79 Å². The number of hydrogen-bond acceptors (Lipinski definition) is 3. The minimum atomic E-state index is -0.395. The molecule has 0 unspecified atom stereocenters. The van der Waals surface area contributed by atoms with Crippen molar-refractivity contribution in [3.05, 3.63) is 22.5 Å². The van der Waals surface area contributed by atoms with Crippen LogP contribution in [-0.4, -0.2) is 29.5 Å². The van der Waals surface area contributed by atoms with Crippen LogP contribution in [0, 0.1) is 6.92 Å². The number of aromatic nitrogens is 1. The Kier molecular flexibility index (Phi) is 4.94. The lowest BCUT2D eigenvalue weighted by atomic mass is 9.83. The molecule has 1 aromatic rings. The van der Waals surface area contributed by atoms with Gasteiger partial charge < -0.3 is 15.0 Å². The smallest absolute Gasteiger partial charge is 0.339 e. The summed E-state index contributed by atoms with van der Waals surface area (Å²) in [5.74, 6) is -0.528. The van der Waals surface area contributed by atoms with Gasteiger partial charge in [0.05, 0.1) is 12.7 Å². The van der Waals surface area contributed by atoms with Gasteiger partial charge in [-0.25, -0.2) is 4.79 Å². The van der Waals surface area contributed by atoms with Gasteiger partial charge in [0.25, 0.3) is 5.91 Å². The van der Waals surface area contributed by atoms with Crippen LogP contribution < -0.4 is 5.32 Å². The normalized spacial score (nSPS) is 17.1. The standard InChI is InChI=1S/C17H26N2O3/c1-5-12-13(16(21)22-4)11(2)14(18-12)15(20)19-17(3)9-7-6-8-10-17/h18H,5-10H2,1-4H3,(H,19,20). The Morgan fingerprint density at radius 3 is 2.45 bits per heavy atom. The van der Waals surface area contributed by atoms with Gasteiger partial charge in [-0.15, -0.1) is 0 Å². The van der Waals surface area contributed by atoms with E-state index in [1.54, 1.807) is 6.92 Å². The average Bonchev–Trinajstić information content (AvgIpc) is 2.83. The fourth-order valence-electron chi connectivity index (χ4n) is 3.32. The van der Waals surface area contributed by atoms with Crippen LogP contribution in [0.4, 0.5) is 0 Å². The molecule has 0 radical (unpaired) electrons. The van der Waals surface area contributed by atoms with Crippen LogP contribution in [0.1, 0.15) is 78.1 Å². The van der Waals surface area contributed by atoms with Crippen molar-refractivity contribution < 1.29 is 14.3 Å². The lowest BCUT2D eigenvalue weighted by Crippen LogP contribution is -2.47. The van der Waals surface area contributed by atoms with Crippen LogP contribution in [0.15, 0.2) is 0 Å². The van der Waals surface area contributed by atoms with Crippen molar-refractivity contribution in [3.8, 4) is 0 Å². The van der Waals surface area contributed by atoms with E-state index in [-0.39, 0.29) is 11.4 Å². The van der Waals surface area contributed by atoms with E-state index in [1.165, 1.54) is 13.5 Å². The molecule has 0 bridgehead atoms. The third-order valence-electron chi connectivity index (χ3n) is 4.67. The largest absolute Gasteiger partial charge is 0.465 e. The molecule has 1 heterocycles. The zero-order valence-corrected chi connectivity index (χ0v) is 14.0. The second-order valence-electron chi connectivity index (χ2n) is 6.40. The first-order chi connectivity index (χ1) is 10.4. The quantitative estimate of drug-likeness (QED) is 0.840. The van der Waals surface area contributed by atoms with Crippen molar-refractivity contribution in [3.63, 3.8) is 0 Å². The van der Waals surface area contributed by atoms with Crippen LogP contribution in [0.2, 0.25) is 0 Å². The highest BCUT2D eigenvalue weighted by Gasteiger charge is 2.31. The van der Waals surface area contributed by atoms with E-state index in [0.29, 0.717) is 23.2 Å². The van der Waals surface area contributed by atoms with Crippen molar-refractivity contribution in [2.24, 2.45) is 0 Å². The predicted octanol–water partition coefficient (Wildman–Crippen LogP) is 3.12. The fraction of sp³-hybridized carbons (Fsp3) is 0.647. The van der Waals surface area contributed by atoms with Crippen molar-refractivity contribution in [1.82, 2.24) is 10.3 Å². The van der Waals surface area contributed by atoms with E-state index in [2.05, 4.69) is 17.2 Å². The molecule has 0 spiro atoms. The summed E-state index contributed by atoms with van der Waals surface area (Å²) in [4.78, 5) is 27.7. The first-order valence-electron chi connectivity index (χ1n) is 8.04. The van der Waals surface area contributed by atoms with Gasteiger partial charge in [0.1, 0.15) is 5.69 Å². The molecule has 1 saturated carbocycles. The number of amides is 1. The molecule has 1 aromatic heterocycles. The van der Waals surface area contributed by atoms with Crippen molar-refractivity contribution in [1.29, 1.82) is 0 Å². The maximum Gasteiger partial charge on any atom is 0.339 e. The number of esters is 1. The van der Waals surface area contributed by atoms with Crippen molar-refractivity contribution >= 4 is 11.9 Å². The predicted molar refractivity (Wildman–Crippen MR) is 85.2 cm³/mol. The van der Waals surface area contributed by atoms with Gasteiger partial charge in [0.2, 0.25) is 0 Å². The Morgan fingerprint density at radius 1 is 1.27 bits per heavy atom. The summed E-state index contributed by atoms with van der Waals surface area (Å²) in [6.45, 7) is 5.84. The summed E-state index contributed by atoms with van der Waals surface area (Å²) in [6.07, 6.45) is 6.18. The molecule has 0 aliphatic heterocycles. The molecule has 122 valence electrons. The van der Waals surface area contributed by atoms with Crippen LogP contribution in [0.25, 0.3) is 0 Å². The Labute approximate surface area is 131 Å². The topological polar surface area (TPSA) is 71.2 Å². The number of aromatic amines is 1. The Balaban J connectivity index is 2.26. The number of aryl methyl sites for hydroxylation is 1. The number of rotatable bonds is 4. The molecular formula is C17H26N2O3. The number of carbonyl (C=O) groups is 2. The van der Waals surface area contributed by atoms with Gasteiger partial charge >= 0.3 is 5.97 Å². The molecule has 1 aliphatic carbocycles. The summed E-state index contributed by atoms with van der Waals surface area (Å²) in [6, 6.07) is 0. The number of nitrogens with one attached hydrogen (secondary N) is 2. The van der Waals surface area contributed by atoms with E-state index < -0.39 is 5.97 Å². The third-order valence-corrected chi connectivity index (χ3v) is 4.67. The van der Waals surface area contributed by atoms with Crippen molar-refractivity contribution in [2.45, 2.75) is 64.8 Å². The van der Waals surface area contributed by atoms with Gasteiger partial charge in [0, 0.05) is 11.2 Å². The van der Waals surface area contributed by atoms with E-state index in [9.17, 15) is 9.59 Å². The van der Waals surface area contributed by atoms with Gasteiger partial charge in [-0.1, -0.05) is 26.2 Å². The molecule has 1 fully saturated rings. The maximum atomic E-state index is 12.6. The van der Waals surface area contributed by atoms with Crippen LogP contribution in [0.5, 0.6) is 0 Å². The van der Waals surface area contributed by atoms with Crippen molar-refractivity contribution in [2.75, 3.05) is 7.11 Å². The molecule has 0 aromatic carbocycles. The molecule has 1 amide bonds. The Morgan fingerprint density at radius 2 is 1.91 bits per heavy atom. The summed E-state index contributed by atoms with van der Waals surface area (Å²) < 4.78 is 4.83. The van der Waals surface area contributed by atoms with E-state index in [0.717, 1.165) is 31.4 Å². The van der Waals surface area contributed by atoms with Gasteiger partial charge in [-0.2, -0.15) is 0 Å². The number of hydrogen-bond donors (Lipinski definition) is 2. The van der Waals surface area contributed by atoms with E-state index in [1.807, 2.05) is 6.92 Å². The zero-order chi connectivity index (χ0) is 16.3. The minimum absolute atomic E-state index is 0.133. The van der Waals surface area contributed by atoms with E-state index in [4.69, 9.17) is 4.74 Å². The highest BCUT2D eigenvalue weighted by atomic mass is 16.5. The van der Waals surface area contributed by atoms with Gasteiger partial charge in [-0.05, 0) is 38.7 Å². The Hall–Kier alpha value is -1.78. The van der Waals surface area contributed by atoms with Crippen LogP contribution in [0.3, 0.4) is 0 Å². The lowest BCUT2D eigenvalue weighted by molar-refractivity contribution is 0.0599. The van der Waals surface area contributed by atoms with Gasteiger partial charge in [0.15, 0.2) is 0 Å². The second-order valence-corrected chi connectivity index (χ2v) is 6.40. The number of H-pyrrole nitrogens is 1. The first kappa shape index (κ1) is 16.6. The minimum Gasteiger partial charge on any atom is -0.465 e. The van der Waals surface area contributed by atoms with E-state index >= 15 is 0 Å². The molecule has 5 heteroatoms. The highest BCUT2D eigenvalue weighted by Crippen LogP contribution is 2.28. The summed E-state index contributed by atoms with van der Waals surface area (Å²) >= 11 is 0. The summed E-state index contributed by atoms with van der Waals surface area (Å²) in [7, 11) is 1.36. The fourth-order valence-corrected chi connectivity index (χ4v) is 3.32. The average molecular weight is 306 g/mol. The molecule has 0 saturated heterocycles. The SMILES string of the molecule is CCc1[nH]c(C(=O)NC2(C)CCCCC2)c(C)c1C(=O)OC. The number of methoxy groups -OCH3 is 1. The molecule has 2 rings (SSSR count). The first-order valence-corrected chi connectivity index (χ1v) is 8.04. The number of ether oxygens (including phenoxy) is 1. The summed E-state index contributed by atoms with van der Waals surface area (Å²) in [5, 5.41) is 3.15. The monoisotopic (exact) mass is 306 g/mol. The number of carbonyl (C=O) groups excluding carboxylic acids is 2. The zero-order valence-electron chi connectivity index (χ0n) is 14.0. The summed E-state index contributed by atoms with van der Waals surface area (Å²) in [5.41, 5.74) is 2.24. The highest BCUT2D eigenvalue weighted by molar-refractivity contribution is 6.00. The Bertz CT molecular complexity index is 569. The molecule has 1 aliphatic rings. The molecule has 22 heavy (non-hydrogen) atoms. The van der Waals surface area contributed by atoms with Crippen LogP contribution >= 0.6 is 0 Å². The van der Waals surface area contributed by atoms with Crippen LogP contribution in [-0.2, 0) is 11.2 Å². The molecule has 5 nitrogen and oxygen atoms in total.